The van der Waals surface area contributed by atoms with Crippen LogP contribution in [0.15, 0.2) is 30.3 Å². The highest BCUT2D eigenvalue weighted by atomic mass is 32.2. The number of ether oxygens (including phenoxy) is 1. The fraction of sp³-hybridized carbons (Fsp3) is 0.409. The van der Waals surface area contributed by atoms with Gasteiger partial charge in [-0.05, 0) is 31.0 Å². The van der Waals surface area contributed by atoms with E-state index in [4.69, 9.17) is 9.84 Å². The Morgan fingerprint density at radius 2 is 2.03 bits per heavy atom. The molecule has 0 spiro atoms. The molecule has 0 aromatic heterocycles. The zero-order chi connectivity index (χ0) is 24.8. The van der Waals surface area contributed by atoms with Gasteiger partial charge >= 0.3 is 5.97 Å². The van der Waals surface area contributed by atoms with Crippen LogP contribution in [0.4, 0.5) is 22.0 Å². The quantitative estimate of drug-likeness (QED) is 0.338. The molecule has 0 aliphatic carbocycles. The van der Waals surface area contributed by atoms with Gasteiger partial charge < -0.3 is 19.7 Å². The number of carboxylic acid groups (broad SMARTS) is 1. The highest BCUT2D eigenvalue weighted by molar-refractivity contribution is 7.89. The van der Waals surface area contributed by atoms with Gasteiger partial charge in [-0.1, -0.05) is 18.2 Å². The lowest BCUT2D eigenvalue weighted by atomic mass is 9.90. The Labute approximate surface area is 195 Å². The number of carboxylic acids is 1. The van der Waals surface area contributed by atoms with Gasteiger partial charge in [0.1, 0.15) is 17.8 Å². The number of aliphatic carboxylic acids is 1. The van der Waals surface area contributed by atoms with Crippen LogP contribution in [0, 0.1) is 17.5 Å². The topological polar surface area (TPSA) is 93.7 Å². The van der Waals surface area contributed by atoms with Crippen molar-refractivity contribution in [3.63, 3.8) is 0 Å². The van der Waals surface area contributed by atoms with E-state index in [9.17, 15) is 26.9 Å². The van der Waals surface area contributed by atoms with Crippen LogP contribution in [0.5, 0.6) is 5.75 Å². The second-order valence-electron chi connectivity index (χ2n) is 7.70. The maximum absolute atomic E-state index is 15.5. The maximum Gasteiger partial charge on any atom is 0.306 e. The lowest BCUT2D eigenvalue weighted by molar-refractivity contribution is -0.137. The Bertz CT molecular complexity index is 1020. The average Bonchev–Trinajstić information content (AvgIpc) is 2.78. The summed E-state index contributed by atoms with van der Waals surface area (Å²) in [6.45, 7) is -0.153. The van der Waals surface area contributed by atoms with Crippen LogP contribution in [0.1, 0.15) is 18.4 Å². The number of hydrogen-bond acceptors (Lipinski definition) is 5. The first-order valence-corrected chi connectivity index (χ1v) is 11.7. The van der Waals surface area contributed by atoms with Crippen molar-refractivity contribution in [1.29, 1.82) is 0 Å². The molecule has 2 aromatic carbocycles. The normalized spacial score (nSPS) is 21.3. The molecule has 0 radical (unpaired) electrons. The summed E-state index contributed by atoms with van der Waals surface area (Å²) in [4.78, 5) is 10.7. The number of nitrogens with one attached hydrogen (secondary N) is 2. The minimum absolute atomic E-state index is 0.0723. The van der Waals surface area contributed by atoms with Crippen molar-refractivity contribution in [2.24, 2.45) is 0 Å². The summed E-state index contributed by atoms with van der Waals surface area (Å²) in [6.07, 6.45) is -1.89. The second kappa shape index (κ2) is 11.8. The van der Waals surface area contributed by atoms with Gasteiger partial charge in [-0.15, -0.1) is 4.72 Å². The second-order valence-corrected chi connectivity index (χ2v) is 8.85. The minimum Gasteiger partial charge on any atom is -0.596 e. The van der Waals surface area contributed by atoms with Crippen molar-refractivity contribution in [3.8, 4) is 16.9 Å². The van der Waals surface area contributed by atoms with Crippen molar-refractivity contribution in [2.75, 3.05) is 19.2 Å². The number of alkyl halides is 2. The highest BCUT2D eigenvalue weighted by Gasteiger charge is 2.37. The molecule has 1 unspecified atom stereocenters. The summed E-state index contributed by atoms with van der Waals surface area (Å²) < 4.78 is 90.2. The summed E-state index contributed by atoms with van der Waals surface area (Å²) in [5, 5.41) is 11.8. The Kier molecular flexibility index (Phi) is 9.11. The van der Waals surface area contributed by atoms with Crippen molar-refractivity contribution in [1.82, 2.24) is 10.0 Å². The molecule has 34 heavy (non-hydrogen) atoms. The first-order chi connectivity index (χ1) is 16.2. The number of carbonyl (C=O) groups is 1. The van der Waals surface area contributed by atoms with E-state index in [-0.39, 0.29) is 36.1 Å². The molecular formula is C22H23F5N2O4S. The predicted molar refractivity (Wildman–Crippen MR) is 116 cm³/mol. The third-order valence-electron chi connectivity index (χ3n) is 5.40. The summed E-state index contributed by atoms with van der Waals surface area (Å²) in [6, 6.07) is 2.53. The lowest BCUT2D eigenvalue weighted by Gasteiger charge is -2.35. The van der Waals surface area contributed by atoms with Crippen LogP contribution in [-0.4, -0.2) is 53.0 Å². The average molecular weight is 506 g/mol. The molecule has 0 amide bonds. The molecule has 1 fully saturated rings. The smallest absolute Gasteiger partial charge is 0.306 e. The van der Waals surface area contributed by atoms with Crippen molar-refractivity contribution in [3.05, 3.63) is 53.3 Å². The number of hydrogen-bond donors (Lipinski definition) is 3. The maximum atomic E-state index is 15.5. The van der Waals surface area contributed by atoms with Crippen LogP contribution in [0.3, 0.4) is 0 Å². The fourth-order valence-electron chi connectivity index (χ4n) is 3.83. The first kappa shape index (κ1) is 26.2. The van der Waals surface area contributed by atoms with Gasteiger partial charge in [0.2, 0.25) is 0 Å². The zero-order valence-electron chi connectivity index (χ0n) is 17.8. The van der Waals surface area contributed by atoms with Gasteiger partial charge in [-0.3, -0.25) is 4.79 Å². The number of halogens is 5. The lowest BCUT2D eigenvalue weighted by Crippen LogP contribution is -2.59. The summed E-state index contributed by atoms with van der Waals surface area (Å²) >= 11 is -2.11. The number of rotatable bonds is 10. The van der Waals surface area contributed by atoms with Crippen molar-refractivity contribution < 1.29 is 41.1 Å². The molecule has 3 N–H and O–H groups in total. The van der Waals surface area contributed by atoms with Crippen molar-refractivity contribution in [2.45, 2.75) is 37.5 Å². The molecular weight excluding hydrogens is 483 g/mol. The molecule has 1 aliphatic rings. The molecule has 1 heterocycles. The summed E-state index contributed by atoms with van der Waals surface area (Å²) in [5.41, 5.74) is -0.385. The van der Waals surface area contributed by atoms with Crippen LogP contribution < -0.4 is 14.8 Å². The largest absolute Gasteiger partial charge is 0.596 e. The SMILES string of the molecule is O=C(O)CCOc1c(F)cc(F)cc1-c1cccc(C[C@@H]2NCC[C@H](F)[C@@H]2N[S+]([O-])CF)c1F. The molecule has 0 bridgehead atoms. The van der Waals surface area contributed by atoms with E-state index in [1.165, 1.54) is 18.2 Å². The molecule has 3 rings (SSSR count). The van der Waals surface area contributed by atoms with Gasteiger partial charge in [0.05, 0.1) is 30.4 Å². The highest BCUT2D eigenvalue weighted by Crippen LogP contribution is 2.36. The molecule has 12 heteroatoms. The Morgan fingerprint density at radius 3 is 2.74 bits per heavy atom. The summed E-state index contributed by atoms with van der Waals surface area (Å²) in [5.74, 6) is -4.66. The van der Waals surface area contributed by atoms with Crippen LogP contribution >= 0.6 is 0 Å². The fourth-order valence-corrected chi connectivity index (χ4v) is 4.51. The van der Waals surface area contributed by atoms with E-state index in [0.29, 0.717) is 6.07 Å². The molecule has 2 aromatic rings. The van der Waals surface area contributed by atoms with Gasteiger partial charge in [-0.2, -0.15) is 4.39 Å². The predicted octanol–water partition coefficient (Wildman–Crippen LogP) is 3.42. The number of benzene rings is 2. The first-order valence-electron chi connectivity index (χ1n) is 10.4. The van der Waals surface area contributed by atoms with Gasteiger partial charge in [0.15, 0.2) is 11.6 Å². The van der Waals surface area contributed by atoms with E-state index >= 15 is 4.39 Å². The number of piperidine rings is 1. The molecule has 0 saturated carbocycles. The summed E-state index contributed by atoms with van der Waals surface area (Å²) in [7, 11) is 0. The van der Waals surface area contributed by atoms with E-state index in [2.05, 4.69) is 10.0 Å². The van der Waals surface area contributed by atoms with Crippen LogP contribution in [-0.2, 0) is 22.6 Å². The van der Waals surface area contributed by atoms with Gasteiger partial charge in [-0.25, -0.2) is 17.6 Å². The van der Waals surface area contributed by atoms with Crippen LogP contribution in [0.25, 0.3) is 11.1 Å². The third-order valence-corrected chi connectivity index (χ3v) is 6.13. The van der Waals surface area contributed by atoms with Gasteiger partial charge in [0, 0.05) is 23.2 Å². The van der Waals surface area contributed by atoms with Crippen LogP contribution in [0.2, 0.25) is 0 Å². The van der Waals surface area contributed by atoms with E-state index in [0.717, 1.165) is 6.07 Å². The van der Waals surface area contributed by atoms with Gasteiger partial charge in [0.25, 0.3) is 6.01 Å². The van der Waals surface area contributed by atoms with E-state index < -0.39 is 77.8 Å². The molecule has 1 saturated heterocycles. The van der Waals surface area contributed by atoms with E-state index in [1.54, 1.807) is 0 Å². The Morgan fingerprint density at radius 1 is 1.26 bits per heavy atom. The standard InChI is InChI=1S/C22H23F5N2O4S/c23-11-34(32)29-21-16(25)4-6-28-18(21)8-12-2-1-3-14(20(12)27)15-9-13(24)10-17(26)22(15)33-7-5-19(30)31/h1-3,9-10,16,18,21,28-29H,4-8,11H2,(H,30,31)/t16-,18-,21-,34?/m0/s1. The zero-order valence-corrected chi connectivity index (χ0v) is 18.6. The van der Waals surface area contributed by atoms with E-state index in [1.807, 2.05) is 0 Å². The Balaban J connectivity index is 1.92. The molecule has 186 valence electrons. The molecule has 6 nitrogen and oxygen atoms in total. The minimum atomic E-state index is -2.11. The third kappa shape index (κ3) is 6.38. The molecule has 1 aliphatic heterocycles. The monoisotopic (exact) mass is 506 g/mol. The Hall–Kier alpha value is -2.41. The van der Waals surface area contributed by atoms with Crippen molar-refractivity contribution >= 4 is 17.3 Å². The molecule has 4 atom stereocenters.